The number of aliphatic imine (C=N–C) groups is 1. The minimum Gasteiger partial charge on any atom is -0.315 e. The number of rotatable bonds is 6. The highest BCUT2D eigenvalue weighted by molar-refractivity contribution is 5.86. The number of hydrogen-bond donors (Lipinski definition) is 1. The van der Waals surface area contributed by atoms with Crippen molar-refractivity contribution in [2.24, 2.45) is 4.99 Å². The molecule has 0 radical (unpaired) electrons. The average Bonchev–Trinajstić information content (AvgIpc) is 2.33. The molecule has 0 unspecified atom stereocenters. The van der Waals surface area contributed by atoms with E-state index in [1.54, 1.807) is 6.92 Å². The van der Waals surface area contributed by atoms with Crippen LogP contribution in [0.25, 0.3) is 0 Å². The second kappa shape index (κ2) is 24.3. The zero-order valence-electron chi connectivity index (χ0n) is 12.5. The summed E-state index contributed by atoms with van der Waals surface area (Å²) in [6, 6.07) is 0. The SMILES string of the molecule is C#CC.C/C=C\CN=C(CCC)CNC.CC. The summed E-state index contributed by atoms with van der Waals surface area (Å²) in [7, 11) is 1.96. The molecule has 0 bridgehead atoms. The lowest BCUT2D eigenvalue weighted by Crippen LogP contribution is -2.18. The fourth-order valence-corrected chi connectivity index (χ4v) is 1.00. The van der Waals surface area contributed by atoms with Crippen LogP contribution in [0.3, 0.4) is 0 Å². The molecule has 0 aliphatic rings. The van der Waals surface area contributed by atoms with Gasteiger partial charge >= 0.3 is 0 Å². The van der Waals surface area contributed by atoms with Crippen LogP contribution in [0.4, 0.5) is 0 Å². The van der Waals surface area contributed by atoms with E-state index in [0.717, 1.165) is 19.5 Å². The van der Waals surface area contributed by atoms with Crippen molar-refractivity contribution in [3.8, 4) is 12.3 Å². The molecule has 0 rings (SSSR count). The normalized spacial score (nSPS) is 9.82. The first-order valence-corrected chi connectivity index (χ1v) is 6.42. The fraction of sp³-hybridized carbons (Fsp3) is 0.667. The van der Waals surface area contributed by atoms with E-state index in [9.17, 15) is 0 Å². The summed E-state index contributed by atoms with van der Waals surface area (Å²) in [6.07, 6.45) is 11.0. The Morgan fingerprint density at radius 1 is 1.41 bits per heavy atom. The van der Waals surface area contributed by atoms with E-state index in [0.29, 0.717) is 0 Å². The van der Waals surface area contributed by atoms with Gasteiger partial charge in [-0.3, -0.25) is 4.99 Å². The van der Waals surface area contributed by atoms with Crippen molar-refractivity contribution in [2.45, 2.75) is 47.5 Å². The van der Waals surface area contributed by atoms with Gasteiger partial charge in [-0.25, -0.2) is 0 Å². The minimum absolute atomic E-state index is 0.827. The van der Waals surface area contributed by atoms with E-state index in [2.05, 4.69) is 35.7 Å². The Morgan fingerprint density at radius 2 is 1.94 bits per heavy atom. The second-order valence-electron chi connectivity index (χ2n) is 3.04. The largest absolute Gasteiger partial charge is 0.315 e. The Balaban J connectivity index is -0.000000337. The smallest absolute Gasteiger partial charge is 0.0570 e. The Hall–Kier alpha value is -1.07. The molecule has 0 atom stereocenters. The summed E-state index contributed by atoms with van der Waals surface area (Å²) in [4.78, 5) is 4.46. The van der Waals surface area contributed by atoms with Crippen LogP contribution >= 0.6 is 0 Å². The monoisotopic (exact) mass is 238 g/mol. The lowest BCUT2D eigenvalue weighted by molar-refractivity contribution is 0.889. The topological polar surface area (TPSA) is 24.4 Å². The molecular formula is C15H30N2. The van der Waals surface area contributed by atoms with Crippen LogP contribution in [-0.4, -0.2) is 25.8 Å². The third-order valence-electron chi connectivity index (χ3n) is 1.58. The summed E-state index contributed by atoms with van der Waals surface area (Å²) in [5.41, 5.74) is 1.28. The molecule has 0 heterocycles. The molecule has 2 nitrogen and oxygen atoms in total. The third kappa shape index (κ3) is 25.3. The predicted octanol–water partition coefficient (Wildman–Crippen LogP) is 3.69. The van der Waals surface area contributed by atoms with Crippen molar-refractivity contribution in [2.75, 3.05) is 20.1 Å². The van der Waals surface area contributed by atoms with Crippen molar-refractivity contribution < 1.29 is 0 Å². The maximum atomic E-state index is 4.60. The molecule has 17 heavy (non-hydrogen) atoms. The molecule has 0 saturated heterocycles. The summed E-state index contributed by atoms with van der Waals surface area (Å²) in [5.74, 6) is 2.25. The maximum absolute atomic E-state index is 4.60. The van der Waals surface area contributed by atoms with Gasteiger partial charge in [0.25, 0.3) is 0 Å². The van der Waals surface area contributed by atoms with Gasteiger partial charge in [0.2, 0.25) is 0 Å². The molecule has 0 amide bonds. The number of allylic oxidation sites excluding steroid dienone is 1. The Kier molecular flexibility index (Phi) is 30.3. The predicted molar refractivity (Wildman–Crippen MR) is 81.8 cm³/mol. The van der Waals surface area contributed by atoms with Crippen molar-refractivity contribution in [3.05, 3.63) is 12.2 Å². The van der Waals surface area contributed by atoms with Gasteiger partial charge in [-0.05, 0) is 27.3 Å². The van der Waals surface area contributed by atoms with Crippen LogP contribution in [0.15, 0.2) is 17.1 Å². The van der Waals surface area contributed by atoms with E-state index >= 15 is 0 Å². The highest BCUT2D eigenvalue weighted by Gasteiger charge is 1.93. The lowest BCUT2D eigenvalue weighted by atomic mass is 10.2. The Labute approximate surface area is 109 Å². The molecule has 0 aliphatic heterocycles. The van der Waals surface area contributed by atoms with Crippen LogP contribution in [0, 0.1) is 12.3 Å². The first kappa shape index (κ1) is 21.2. The molecule has 0 aromatic carbocycles. The minimum atomic E-state index is 0.827. The third-order valence-corrected chi connectivity index (χ3v) is 1.58. The quantitative estimate of drug-likeness (QED) is 0.426. The van der Waals surface area contributed by atoms with Gasteiger partial charge in [0, 0.05) is 12.3 Å². The standard InChI is InChI=1S/C10H20N2.C3H4.C2H6/c1-4-6-8-12-10(7-5-2)9-11-3;1-3-2;1-2/h4,6,11H,5,7-9H2,1-3H3;1H,2H3;1-2H3/b6-4-,12-10?;;. The molecule has 2 heteroatoms. The molecule has 0 aromatic rings. The van der Waals surface area contributed by atoms with E-state index < -0.39 is 0 Å². The van der Waals surface area contributed by atoms with Gasteiger partial charge in [0.15, 0.2) is 0 Å². The highest BCUT2D eigenvalue weighted by Crippen LogP contribution is 1.91. The van der Waals surface area contributed by atoms with Crippen molar-refractivity contribution >= 4 is 5.71 Å². The number of hydrogen-bond acceptors (Lipinski definition) is 2. The first-order valence-electron chi connectivity index (χ1n) is 6.42. The molecule has 0 fully saturated rings. The van der Waals surface area contributed by atoms with Crippen LogP contribution in [0.2, 0.25) is 0 Å². The summed E-state index contributed by atoms with van der Waals surface area (Å²) in [6.45, 7) is 11.6. The molecule has 0 saturated carbocycles. The van der Waals surface area contributed by atoms with Crippen molar-refractivity contribution in [1.82, 2.24) is 5.32 Å². The van der Waals surface area contributed by atoms with Crippen LogP contribution in [0.5, 0.6) is 0 Å². The molecule has 0 aromatic heterocycles. The maximum Gasteiger partial charge on any atom is 0.0570 e. The first-order chi connectivity index (χ1) is 8.26. The van der Waals surface area contributed by atoms with Crippen LogP contribution < -0.4 is 5.32 Å². The summed E-state index contributed by atoms with van der Waals surface area (Å²) in [5, 5.41) is 3.12. The second-order valence-corrected chi connectivity index (χ2v) is 3.04. The van der Waals surface area contributed by atoms with Crippen molar-refractivity contribution in [1.29, 1.82) is 0 Å². The Morgan fingerprint density at radius 3 is 2.29 bits per heavy atom. The highest BCUT2D eigenvalue weighted by atomic mass is 14.9. The molecule has 0 spiro atoms. The van der Waals surface area contributed by atoms with Crippen molar-refractivity contribution in [3.63, 3.8) is 0 Å². The number of terminal acetylenes is 1. The fourth-order valence-electron chi connectivity index (χ4n) is 1.00. The lowest BCUT2D eigenvalue weighted by Gasteiger charge is -2.02. The van der Waals surface area contributed by atoms with Crippen LogP contribution in [-0.2, 0) is 0 Å². The zero-order chi connectivity index (χ0) is 13.9. The van der Waals surface area contributed by atoms with Gasteiger partial charge in [0.1, 0.15) is 0 Å². The summed E-state index contributed by atoms with van der Waals surface area (Å²) >= 11 is 0. The van der Waals surface area contributed by atoms with E-state index in [1.165, 1.54) is 12.1 Å². The van der Waals surface area contributed by atoms with E-state index in [1.807, 2.05) is 33.9 Å². The molecular weight excluding hydrogens is 208 g/mol. The van der Waals surface area contributed by atoms with Gasteiger partial charge in [-0.2, -0.15) is 0 Å². The molecule has 0 aliphatic carbocycles. The molecule has 100 valence electrons. The van der Waals surface area contributed by atoms with Crippen LogP contribution in [0.1, 0.15) is 47.5 Å². The Bertz CT molecular complexity index is 201. The summed E-state index contributed by atoms with van der Waals surface area (Å²) < 4.78 is 0. The number of nitrogens with zero attached hydrogens (tertiary/aromatic N) is 1. The van der Waals surface area contributed by atoms with E-state index in [-0.39, 0.29) is 0 Å². The van der Waals surface area contributed by atoms with E-state index in [4.69, 9.17) is 0 Å². The zero-order valence-corrected chi connectivity index (χ0v) is 12.5. The van der Waals surface area contributed by atoms with Gasteiger partial charge in [0.05, 0.1) is 6.54 Å². The van der Waals surface area contributed by atoms with Gasteiger partial charge in [-0.1, -0.05) is 39.3 Å². The number of nitrogens with one attached hydrogen (secondary N) is 1. The van der Waals surface area contributed by atoms with Gasteiger partial charge < -0.3 is 5.32 Å². The molecule has 1 N–H and O–H groups in total. The average molecular weight is 238 g/mol. The van der Waals surface area contributed by atoms with Gasteiger partial charge in [-0.15, -0.1) is 12.3 Å².